The number of carbonyl (C=O) groups excluding carboxylic acids is 1. The van der Waals surface area contributed by atoms with E-state index in [9.17, 15) is 4.79 Å². The van der Waals surface area contributed by atoms with E-state index in [0.29, 0.717) is 13.0 Å². The van der Waals surface area contributed by atoms with Gasteiger partial charge >= 0.3 is 5.97 Å². The molecule has 1 unspecified atom stereocenters. The lowest BCUT2D eigenvalue weighted by Crippen LogP contribution is -2.39. The number of rotatable bonds is 9. The number of hydrogen-bond acceptors (Lipinski definition) is 5. The van der Waals surface area contributed by atoms with Gasteiger partial charge in [-0.15, -0.1) is 0 Å². The summed E-state index contributed by atoms with van der Waals surface area (Å²) in [4.78, 5) is 17.4. The monoisotopic (exact) mass is 404 g/mol. The van der Waals surface area contributed by atoms with Crippen molar-refractivity contribution in [2.75, 3.05) is 7.11 Å². The summed E-state index contributed by atoms with van der Waals surface area (Å²) in [6.07, 6.45) is 2.33. The molecule has 0 aliphatic heterocycles. The number of aromatic nitrogens is 1. The first-order valence-corrected chi connectivity index (χ1v) is 10.1. The third-order valence-electron chi connectivity index (χ3n) is 5.06. The van der Waals surface area contributed by atoms with E-state index in [2.05, 4.69) is 10.3 Å². The average Bonchev–Trinajstić information content (AvgIpc) is 2.78. The molecule has 0 amide bonds. The van der Waals surface area contributed by atoms with E-state index >= 15 is 0 Å². The minimum Gasteiger partial charge on any atom is -0.496 e. The summed E-state index contributed by atoms with van der Waals surface area (Å²) >= 11 is 0. The summed E-state index contributed by atoms with van der Waals surface area (Å²) in [6.45, 7) is 4.65. The van der Waals surface area contributed by atoms with Crippen LogP contribution in [0.5, 0.6) is 5.75 Å². The molecular formula is C25H28N2O3. The number of benzene rings is 2. The minimum absolute atomic E-state index is 0.252. The highest BCUT2D eigenvalue weighted by atomic mass is 16.5. The molecule has 0 aliphatic rings. The maximum atomic E-state index is 12.9. The topological polar surface area (TPSA) is 60.5 Å². The van der Waals surface area contributed by atoms with E-state index in [4.69, 9.17) is 9.47 Å². The highest BCUT2D eigenvalue weighted by Crippen LogP contribution is 2.24. The maximum Gasteiger partial charge on any atom is 0.323 e. The zero-order chi connectivity index (χ0) is 21.3. The molecule has 0 spiro atoms. The molecule has 1 N–H and O–H groups in total. The van der Waals surface area contributed by atoms with Gasteiger partial charge in [0.05, 0.1) is 12.8 Å². The standard InChI is InChI=1S/C25H28N2O3/c1-18-15-26-23(19(2)24(18)29-3)16-27-22(14-20-10-6-4-7-11-20)25(28)30-17-21-12-8-5-9-13-21/h4-13,15,22,27H,14,16-17H2,1-3H3. The molecule has 2 aromatic carbocycles. The normalized spacial score (nSPS) is 11.7. The number of pyridine rings is 1. The van der Waals surface area contributed by atoms with Crippen LogP contribution in [-0.2, 0) is 29.1 Å². The average molecular weight is 405 g/mol. The summed E-state index contributed by atoms with van der Waals surface area (Å²) in [5, 5.41) is 3.34. The lowest BCUT2D eigenvalue weighted by Gasteiger charge is -2.19. The van der Waals surface area contributed by atoms with Crippen molar-refractivity contribution >= 4 is 5.97 Å². The van der Waals surface area contributed by atoms with Crippen molar-refractivity contribution < 1.29 is 14.3 Å². The molecule has 0 saturated carbocycles. The van der Waals surface area contributed by atoms with Crippen LogP contribution in [0.15, 0.2) is 66.9 Å². The highest BCUT2D eigenvalue weighted by Gasteiger charge is 2.21. The van der Waals surface area contributed by atoms with Crippen LogP contribution in [0.4, 0.5) is 0 Å². The van der Waals surface area contributed by atoms with Gasteiger partial charge in [-0.1, -0.05) is 60.7 Å². The largest absolute Gasteiger partial charge is 0.496 e. The molecule has 156 valence electrons. The fourth-order valence-corrected chi connectivity index (χ4v) is 3.39. The van der Waals surface area contributed by atoms with Gasteiger partial charge in [0.1, 0.15) is 18.4 Å². The first-order chi connectivity index (χ1) is 14.6. The predicted octanol–water partition coefficient (Wildman–Crippen LogP) is 4.15. The third kappa shape index (κ3) is 5.67. The van der Waals surface area contributed by atoms with Crippen LogP contribution >= 0.6 is 0 Å². The molecule has 1 atom stereocenters. The van der Waals surface area contributed by atoms with Crippen molar-refractivity contribution in [3.05, 3.63) is 94.8 Å². The van der Waals surface area contributed by atoms with Crippen molar-refractivity contribution in [3.8, 4) is 5.75 Å². The Morgan fingerprint density at radius 3 is 2.27 bits per heavy atom. The Morgan fingerprint density at radius 2 is 1.63 bits per heavy atom. The Kier molecular flexibility index (Phi) is 7.57. The van der Waals surface area contributed by atoms with E-state index in [1.165, 1.54) is 0 Å². The summed E-state index contributed by atoms with van der Waals surface area (Å²) in [6, 6.07) is 19.1. The van der Waals surface area contributed by atoms with Gasteiger partial charge in [0.2, 0.25) is 0 Å². The highest BCUT2D eigenvalue weighted by molar-refractivity contribution is 5.76. The molecule has 1 heterocycles. The fraction of sp³-hybridized carbons (Fsp3) is 0.280. The molecule has 30 heavy (non-hydrogen) atoms. The van der Waals surface area contributed by atoms with Crippen LogP contribution in [-0.4, -0.2) is 24.1 Å². The third-order valence-corrected chi connectivity index (χ3v) is 5.06. The minimum atomic E-state index is -0.482. The van der Waals surface area contributed by atoms with Gasteiger partial charge in [0, 0.05) is 23.9 Å². The van der Waals surface area contributed by atoms with Gasteiger partial charge in [-0.2, -0.15) is 0 Å². The molecule has 3 aromatic rings. The molecular weight excluding hydrogens is 376 g/mol. The SMILES string of the molecule is COc1c(C)cnc(CNC(Cc2ccccc2)C(=O)OCc2ccccc2)c1C. The van der Waals surface area contributed by atoms with E-state index in [0.717, 1.165) is 33.7 Å². The summed E-state index contributed by atoms with van der Waals surface area (Å²) in [5.41, 5.74) is 4.84. The Bertz CT molecular complexity index is 959. The van der Waals surface area contributed by atoms with Crippen LogP contribution in [0.2, 0.25) is 0 Å². The summed E-state index contributed by atoms with van der Waals surface area (Å²) in [5.74, 6) is 0.549. The Balaban J connectivity index is 1.71. The second-order valence-corrected chi connectivity index (χ2v) is 7.26. The molecule has 0 bridgehead atoms. The number of carbonyl (C=O) groups is 1. The van der Waals surface area contributed by atoms with Crippen molar-refractivity contribution in [1.82, 2.24) is 10.3 Å². The number of ether oxygens (including phenoxy) is 2. The molecule has 0 fully saturated rings. The van der Waals surface area contributed by atoms with E-state index < -0.39 is 6.04 Å². The van der Waals surface area contributed by atoms with Crippen LogP contribution in [0.3, 0.4) is 0 Å². The van der Waals surface area contributed by atoms with E-state index in [-0.39, 0.29) is 12.6 Å². The quantitative estimate of drug-likeness (QED) is 0.543. The number of nitrogens with zero attached hydrogens (tertiary/aromatic N) is 1. The van der Waals surface area contributed by atoms with Gasteiger partial charge in [-0.05, 0) is 31.4 Å². The lowest BCUT2D eigenvalue weighted by atomic mass is 10.1. The van der Waals surface area contributed by atoms with Crippen LogP contribution in [0.1, 0.15) is 27.9 Å². The number of hydrogen-bond donors (Lipinski definition) is 1. The Morgan fingerprint density at radius 1 is 1.00 bits per heavy atom. The van der Waals surface area contributed by atoms with Gasteiger partial charge in [-0.3, -0.25) is 15.1 Å². The van der Waals surface area contributed by atoms with Crippen LogP contribution in [0, 0.1) is 13.8 Å². The van der Waals surface area contributed by atoms with Crippen molar-refractivity contribution in [2.24, 2.45) is 0 Å². The first kappa shape index (κ1) is 21.5. The van der Waals surface area contributed by atoms with Gasteiger partial charge < -0.3 is 9.47 Å². The van der Waals surface area contributed by atoms with Gasteiger partial charge in [-0.25, -0.2) is 0 Å². The van der Waals surface area contributed by atoms with Gasteiger partial charge in [0.25, 0.3) is 0 Å². The summed E-state index contributed by atoms with van der Waals surface area (Å²) in [7, 11) is 1.66. The zero-order valence-electron chi connectivity index (χ0n) is 17.7. The van der Waals surface area contributed by atoms with E-state index in [1.807, 2.05) is 74.5 Å². The Labute approximate surface area is 178 Å². The molecule has 0 saturated heterocycles. The Hall–Kier alpha value is -3.18. The number of nitrogens with one attached hydrogen (secondary N) is 1. The second-order valence-electron chi connectivity index (χ2n) is 7.26. The van der Waals surface area contributed by atoms with Crippen LogP contribution < -0.4 is 10.1 Å². The zero-order valence-corrected chi connectivity index (χ0v) is 17.7. The smallest absolute Gasteiger partial charge is 0.323 e. The fourth-order valence-electron chi connectivity index (χ4n) is 3.39. The summed E-state index contributed by atoms with van der Waals surface area (Å²) < 4.78 is 11.1. The number of esters is 1. The van der Waals surface area contributed by atoms with Crippen LogP contribution in [0.25, 0.3) is 0 Å². The molecule has 1 aromatic heterocycles. The van der Waals surface area contributed by atoms with Gasteiger partial charge in [0.15, 0.2) is 0 Å². The van der Waals surface area contributed by atoms with Crippen molar-refractivity contribution in [1.29, 1.82) is 0 Å². The molecule has 3 rings (SSSR count). The molecule has 0 aliphatic carbocycles. The van der Waals surface area contributed by atoms with E-state index in [1.54, 1.807) is 13.3 Å². The molecule has 5 heteroatoms. The number of methoxy groups -OCH3 is 1. The number of aryl methyl sites for hydroxylation is 1. The second kappa shape index (κ2) is 10.6. The molecule has 0 radical (unpaired) electrons. The first-order valence-electron chi connectivity index (χ1n) is 10.1. The van der Waals surface area contributed by atoms with Crippen molar-refractivity contribution in [2.45, 2.75) is 39.5 Å². The maximum absolute atomic E-state index is 12.9. The lowest BCUT2D eigenvalue weighted by molar-refractivity contribution is -0.147. The predicted molar refractivity (Wildman–Crippen MR) is 117 cm³/mol. The molecule has 5 nitrogen and oxygen atoms in total. The van der Waals surface area contributed by atoms with Crippen molar-refractivity contribution in [3.63, 3.8) is 0 Å².